The van der Waals surface area contributed by atoms with Gasteiger partial charge in [0.2, 0.25) is 0 Å². The van der Waals surface area contributed by atoms with E-state index in [1.54, 1.807) is 16.6 Å². The summed E-state index contributed by atoms with van der Waals surface area (Å²) >= 11 is 0. The van der Waals surface area contributed by atoms with Crippen LogP contribution in [0.4, 0.5) is 15.8 Å². The number of carbonyl (C=O) groups is 1. The Labute approximate surface area is 195 Å². The average Bonchev–Trinajstić information content (AvgIpc) is 3.25. The highest BCUT2D eigenvalue weighted by molar-refractivity contribution is 6.00. The summed E-state index contributed by atoms with van der Waals surface area (Å²) < 4.78 is 15.8. The van der Waals surface area contributed by atoms with Crippen molar-refractivity contribution in [1.82, 2.24) is 19.9 Å². The number of amides is 1. The van der Waals surface area contributed by atoms with E-state index in [0.717, 1.165) is 11.2 Å². The Hall–Kier alpha value is -4.29. The fraction of sp³-hybridized carbons (Fsp3) is 0.200. The van der Waals surface area contributed by atoms with Gasteiger partial charge in [0.05, 0.1) is 52.1 Å². The highest BCUT2D eigenvalue weighted by Gasteiger charge is 2.27. The topological polar surface area (TPSA) is 115 Å². The van der Waals surface area contributed by atoms with Crippen molar-refractivity contribution in [3.63, 3.8) is 0 Å². The van der Waals surface area contributed by atoms with Crippen LogP contribution in [0.3, 0.4) is 0 Å². The van der Waals surface area contributed by atoms with Crippen molar-refractivity contribution in [2.24, 2.45) is 0 Å². The summed E-state index contributed by atoms with van der Waals surface area (Å²) in [6.07, 6.45) is 1.25. The van der Waals surface area contributed by atoms with E-state index in [-0.39, 0.29) is 12.1 Å². The molecular formula is C25H23FN6O2. The van der Waals surface area contributed by atoms with Crippen molar-refractivity contribution < 1.29 is 14.3 Å². The zero-order valence-corrected chi connectivity index (χ0v) is 18.7. The van der Waals surface area contributed by atoms with Crippen LogP contribution in [0.15, 0.2) is 67.0 Å². The number of benzene rings is 1. The molecule has 1 amide bonds. The number of nitriles is 1. The molecule has 1 aromatic carbocycles. The molecule has 1 atom stereocenters. The third kappa shape index (κ3) is 4.87. The van der Waals surface area contributed by atoms with Gasteiger partial charge in [-0.2, -0.15) is 10.4 Å². The maximum Gasteiger partial charge on any atom is 0.255 e. The normalized spacial score (nSPS) is 12.2. The zero-order chi connectivity index (χ0) is 24.3. The summed E-state index contributed by atoms with van der Waals surface area (Å²) in [7, 11) is 0. The lowest BCUT2D eigenvalue weighted by atomic mass is 10.0. The van der Waals surface area contributed by atoms with Gasteiger partial charge < -0.3 is 15.7 Å². The molecule has 34 heavy (non-hydrogen) atoms. The van der Waals surface area contributed by atoms with E-state index in [2.05, 4.69) is 26.8 Å². The van der Waals surface area contributed by atoms with Crippen LogP contribution in [-0.4, -0.2) is 43.9 Å². The van der Waals surface area contributed by atoms with Crippen LogP contribution in [0.25, 0.3) is 16.9 Å². The number of rotatable bonds is 7. The number of halogens is 1. The van der Waals surface area contributed by atoms with Crippen molar-refractivity contribution >= 4 is 22.8 Å². The SMILES string of the molecule is CC(C)(O)[C@H](F)CNC(=O)c1cnc(-c2ccc3cc(C#N)cnn23)cc1Nc1ccccc1. The Morgan fingerprint density at radius 3 is 2.68 bits per heavy atom. The quantitative estimate of drug-likeness (QED) is 0.387. The Balaban J connectivity index is 1.70. The number of nitrogens with one attached hydrogen (secondary N) is 2. The molecule has 0 spiro atoms. The van der Waals surface area contributed by atoms with Gasteiger partial charge in [0.1, 0.15) is 12.2 Å². The third-order valence-electron chi connectivity index (χ3n) is 5.30. The van der Waals surface area contributed by atoms with E-state index in [1.165, 1.54) is 26.2 Å². The number of nitrogens with zero attached hydrogens (tertiary/aromatic N) is 4. The number of anilines is 2. The number of fused-ring (bicyclic) bond motifs is 1. The predicted molar refractivity (Wildman–Crippen MR) is 126 cm³/mol. The standard InChI is InChI=1S/C25H23FN6O2/c1-25(2,34)23(26)15-29-24(33)19-14-28-21(11-20(19)31-17-6-4-3-5-7-17)22-9-8-18-10-16(12-27)13-30-32(18)22/h3-11,13-14,23,34H,15H2,1-2H3,(H,28,31)(H,29,33)/t23-/m1/s1. The first kappa shape index (κ1) is 22.9. The first-order valence-electron chi connectivity index (χ1n) is 10.6. The number of aliphatic hydroxyl groups is 1. The second kappa shape index (κ2) is 9.29. The lowest BCUT2D eigenvalue weighted by molar-refractivity contribution is -0.00177. The van der Waals surface area contributed by atoms with E-state index < -0.39 is 17.7 Å². The Kier molecular flexibility index (Phi) is 6.25. The monoisotopic (exact) mass is 458 g/mol. The molecule has 0 unspecified atom stereocenters. The fourth-order valence-corrected chi connectivity index (χ4v) is 3.34. The summed E-state index contributed by atoms with van der Waals surface area (Å²) in [5.74, 6) is -0.527. The van der Waals surface area contributed by atoms with E-state index in [9.17, 15) is 14.3 Å². The maximum absolute atomic E-state index is 14.2. The molecule has 0 saturated carbocycles. The van der Waals surface area contributed by atoms with E-state index in [4.69, 9.17) is 5.26 Å². The molecule has 4 rings (SSSR count). The number of aromatic nitrogens is 3. The Bertz CT molecular complexity index is 1370. The van der Waals surface area contributed by atoms with Crippen LogP contribution in [0.5, 0.6) is 0 Å². The second-order valence-electron chi connectivity index (χ2n) is 8.35. The van der Waals surface area contributed by atoms with Crippen molar-refractivity contribution in [3.8, 4) is 17.5 Å². The van der Waals surface area contributed by atoms with Gasteiger partial charge in [-0.15, -0.1) is 0 Å². The van der Waals surface area contributed by atoms with E-state index in [1.807, 2.05) is 42.5 Å². The molecular weight excluding hydrogens is 435 g/mol. The minimum atomic E-state index is -1.63. The molecule has 0 aliphatic rings. The van der Waals surface area contributed by atoms with Crippen LogP contribution in [-0.2, 0) is 0 Å². The van der Waals surface area contributed by atoms with Crippen LogP contribution < -0.4 is 10.6 Å². The molecule has 0 fully saturated rings. The van der Waals surface area contributed by atoms with Crippen LogP contribution in [0, 0.1) is 11.3 Å². The Morgan fingerprint density at radius 1 is 1.21 bits per heavy atom. The van der Waals surface area contributed by atoms with Crippen molar-refractivity contribution in [3.05, 3.63) is 78.1 Å². The summed E-state index contributed by atoms with van der Waals surface area (Å²) in [4.78, 5) is 17.3. The first-order chi connectivity index (χ1) is 16.3. The third-order valence-corrected chi connectivity index (χ3v) is 5.30. The number of para-hydroxylation sites is 1. The van der Waals surface area contributed by atoms with Crippen LogP contribution in [0.1, 0.15) is 29.8 Å². The molecule has 0 aliphatic heterocycles. The van der Waals surface area contributed by atoms with E-state index >= 15 is 0 Å². The minimum absolute atomic E-state index is 0.219. The second-order valence-corrected chi connectivity index (χ2v) is 8.35. The summed E-state index contributed by atoms with van der Waals surface area (Å²) in [5.41, 5.74) is 2.27. The molecule has 0 saturated heterocycles. The van der Waals surface area contributed by atoms with Gasteiger partial charge in [0.15, 0.2) is 0 Å². The van der Waals surface area contributed by atoms with Gasteiger partial charge in [0.25, 0.3) is 5.91 Å². The van der Waals surface area contributed by atoms with Crippen LogP contribution in [0.2, 0.25) is 0 Å². The lowest BCUT2D eigenvalue weighted by Gasteiger charge is -2.22. The van der Waals surface area contributed by atoms with Gasteiger partial charge in [-0.25, -0.2) is 8.91 Å². The van der Waals surface area contributed by atoms with Crippen molar-refractivity contribution in [1.29, 1.82) is 5.26 Å². The number of pyridine rings is 1. The minimum Gasteiger partial charge on any atom is -0.387 e. The number of hydrogen-bond donors (Lipinski definition) is 3. The fourth-order valence-electron chi connectivity index (χ4n) is 3.34. The lowest BCUT2D eigenvalue weighted by Crippen LogP contribution is -2.42. The molecule has 0 radical (unpaired) electrons. The maximum atomic E-state index is 14.2. The number of alkyl halides is 1. The average molecular weight is 458 g/mol. The molecule has 3 heterocycles. The molecule has 172 valence electrons. The zero-order valence-electron chi connectivity index (χ0n) is 18.7. The van der Waals surface area contributed by atoms with Gasteiger partial charge in [-0.3, -0.25) is 9.78 Å². The molecule has 0 bridgehead atoms. The molecule has 3 N–H and O–H groups in total. The highest BCUT2D eigenvalue weighted by Crippen LogP contribution is 2.27. The summed E-state index contributed by atoms with van der Waals surface area (Å²) in [6, 6.07) is 18.5. The van der Waals surface area contributed by atoms with Gasteiger partial charge >= 0.3 is 0 Å². The number of carbonyl (C=O) groups excluding carboxylic acids is 1. The van der Waals surface area contributed by atoms with Crippen molar-refractivity contribution in [2.45, 2.75) is 25.6 Å². The van der Waals surface area contributed by atoms with Gasteiger partial charge in [-0.1, -0.05) is 18.2 Å². The Morgan fingerprint density at radius 2 is 1.97 bits per heavy atom. The summed E-state index contributed by atoms with van der Waals surface area (Å²) in [5, 5.41) is 29.0. The first-order valence-corrected chi connectivity index (χ1v) is 10.6. The molecule has 0 aliphatic carbocycles. The largest absolute Gasteiger partial charge is 0.387 e. The number of hydrogen-bond acceptors (Lipinski definition) is 6. The highest BCUT2D eigenvalue weighted by atomic mass is 19.1. The summed E-state index contributed by atoms with van der Waals surface area (Å²) in [6.45, 7) is 2.35. The van der Waals surface area contributed by atoms with E-state index in [0.29, 0.717) is 22.6 Å². The molecule has 3 aromatic heterocycles. The van der Waals surface area contributed by atoms with Crippen LogP contribution >= 0.6 is 0 Å². The molecule has 4 aromatic rings. The van der Waals surface area contributed by atoms with Gasteiger partial charge in [0, 0.05) is 11.9 Å². The molecule has 9 heteroatoms. The van der Waals surface area contributed by atoms with Gasteiger partial charge in [-0.05, 0) is 50.2 Å². The molecule has 8 nitrogen and oxygen atoms in total. The van der Waals surface area contributed by atoms with Crippen molar-refractivity contribution in [2.75, 3.05) is 11.9 Å². The predicted octanol–water partition coefficient (Wildman–Crippen LogP) is 3.85. The smallest absolute Gasteiger partial charge is 0.255 e.